The molecule has 1 aromatic heterocycles. The van der Waals surface area contributed by atoms with Gasteiger partial charge in [0, 0.05) is 24.1 Å². The second-order valence-electron chi connectivity index (χ2n) is 4.66. The number of aromatic nitrogens is 1. The molecule has 1 amide bonds. The highest BCUT2D eigenvalue weighted by atomic mass is 16.1. The monoisotopic (exact) mass is 269 g/mol. The van der Waals surface area contributed by atoms with Crippen molar-refractivity contribution < 1.29 is 4.79 Å². The molecule has 0 saturated carbocycles. The Kier molecular flexibility index (Phi) is 4.35. The van der Waals surface area contributed by atoms with Crippen molar-refractivity contribution in [2.75, 3.05) is 17.2 Å². The van der Waals surface area contributed by atoms with Gasteiger partial charge in [0.2, 0.25) is 0 Å². The molecule has 0 bridgehead atoms. The maximum Gasteiger partial charge on any atom is 0.274 e. The van der Waals surface area contributed by atoms with E-state index >= 15 is 0 Å². The first-order valence-corrected chi connectivity index (χ1v) is 6.69. The largest absolute Gasteiger partial charge is 0.385 e. The second-order valence-corrected chi connectivity index (χ2v) is 4.66. The van der Waals surface area contributed by atoms with Crippen LogP contribution in [0.4, 0.5) is 11.4 Å². The number of aryl methyl sites for hydroxylation is 1. The molecule has 2 N–H and O–H groups in total. The Morgan fingerprint density at radius 1 is 1.25 bits per heavy atom. The summed E-state index contributed by atoms with van der Waals surface area (Å²) in [6.07, 6.45) is 1.63. The lowest BCUT2D eigenvalue weighted by Gasteiger charge is -2.10. The predicted octanol–water partition coefficient (Wildman–Crippen LogP) is 3.38. The topological polar surface area (TPSA) is 54.0 Å². The van der Waals surface area contributed by atoms with Crippen molar-refractivity contribution in [3.63, 3.8) is 0 Å². The maximum absolute atomic E-state index is 12.2. The van der Waals surface area contributed by atoms with Gasteiger partial charge in [0.25, 0.3) is 5.91 Å². The lowest BCUT2D eigenvalue weighted by molar-refractivity contribution is 0.102. The fourth-order valence-corrected chi connectivity index (χ4v) is 1.94. The summed E-state index contributed by atoms with van der Waals surface area (Å²) >= 11 is 0. The molecule has 2 aromatic rings. The standard InChI is InChI=1S/C16H19N3O/c1-4-17-13-8-9-18-15(10-13)16(20)19-14-7-5-6-11(2)12(14)3/h5-10H,4H2,1-3H3,(H,17,18)(H,19,20). The number of nitrogens with one attached hydrogen (secondary N) is 2. The molecule has 1 aromatic carbocycles. The predicted molar refractivity (Wildman–Crippen MR) is 82.3 cm³/mol. The number of hydrogen-bond acceptors (Lipinski definition) is 3. The van der Waals surface area contributed by atoms with Crippen molar-refractivity contribution in [3.05, 3.63) is 53.3 Å². The van der Waals surface area contributed by atoms with Crippen LogP contribution in [0, 0.1) is 13.8 Å². The van der Waals surface area contributed by atoms with Crippen molar-refractivity contribution in [2.45, 2.75) is 20.8 Å². The summed E-state index contributed by atoms with van der Waals surface area (Å²) < 4.78 is 0. The van der Waals surface area contributed by atoms with Gasteiger partial charge in [-0.15, -0.1) is 0 Å². The number of nitrogens with zero attached hydrogens (tertiary/aromatic N) is 1. The molecule has 0 spiro atoms. The third-order valence-corrected chi connectivity index (χ3v) is 3.23. The molecule has 1 heterocycles. The zero-order chi connectivity index (χ0) is 14.5. The van der Waals surface area contributed by atoms with E-state index in [4.69, 9.17) is 0 Å². The van der Waals surface area contributed by atoms with E-state index in [1.807, 2.05) is 45.0 Å². The maximum atomic E-state index is 12.2. The first-order chi connectivity index (χ1) is 9.61. The lowest BCUT2D eigenvalue weighted by Crippen LogP contribution is -2.15. The van der Waals surface area contributed by atoms with Gasteiger partial charge < -0.3 is 10.6 Å². The number of hydrogen-bond donors (Lipinski definition) is 2. The van der Waals surface area contributed by atoms with E-state index in [2.05, 4.69) is 15.6 Å². The number of pyridine rings is 1. The van der Waals surface area contributed by atoms with Gasteiger partial charge in [-0.05, 0) is 50.1 Å². The third kappa shape index (κ3) is 3.15. The van der Waals surface area contributed by atoms with Crippen molar-refractivity contribution in [1.82, 2.24) is 4.98 Å². The Labute approximate surface area is 119 Å². The Bertz CT molecular complexity index is 623. The molecule has 20 heavy (non-hydrogen) atoms. The molecule has 0 fully saturated rings. The lowest BCUT2D eigenvalue weighted by atomic mass is 10.1. The molecule has 4 nitrogen and oxygen atoms in total. The summed E-state index contributed by atoms with van der Waals surface area (Å²) in [6.45, 7) is 6.83. The summed E-state index contributed by atoms with van der Waals surface area (Å²) in [5, 5.41) is 6.07. The summed E-state index contributed by atoms with van der Waals surface area (Å²) in [7, 11) is 0. The highest BCUT2D eigenvalue weighted by Gasteiger charge is 2.10. The third-order valence-electron chi connectivity index (χ3n) is 3.23. The van der Waals surface area contributed by atoms with Gasteiger partial charge in [0.1, 0.15) is 5.69 Å². The molecule has 4 heteroatoms. The first kappa shape index (κ1) is 14.1. The molecule has 104 valence electrons. The zero-order valence-electron chi connectivity index (χ0n) is 12.0. The molecule has 0 saturated heterocycles. The van der Waals surface area contributed by atoms with Crippen LogP contribution < -0.4 is 10.6 Å². The van der Waals surface area contributed by atoms with Crippen LogP contribution in [0.2, 0.25) is 0 Å². The Morgan fingerprint density at radius 3 is 2.80 bits per heavy atom. The van der Waals surface area contributed by atoms with Crippen LogP contribution in [0.3, 0.4) is 0 Å². The number of rotatable bonds is 4. The minimum Gasteiger partial charge on any atom is -0.385 e. The van der Waals surface area contributed by atoms with Crippen molar-refractivity contribution in [2.24, 2.45) is 0 Å². The summed E-state index contributed by atoms with van der Waals surface area (Å²) in [5.41, 5.74) is 4.35. The van der Waals surface area contributed by atoms with Crippen LogP contribution in [-0.2, 0) is 0 Å². The molecule has 0 aliphatic heterocycles. The highest BCUT2D eigenvalue weighted by Crippen LogP contribution is 2.19. The summed E-state index contributed by atoms with van der Waals surface area (Å²) in [4.78, 5) is 16.4. The van der Waals surface area contributed by atoms with Crippen LogP contribution in [0.25, 0.3) is 0 Å². The number of carbonyl (C=O) groups is 1. The van der Waals surface area contributed by atoms with Crippen LogP contribution in [0.5, 0.6) is 0 Å². The minimum absolute atomic E-state index is 0.196. The Balaban J connectivity index is 2.19. The van der Waals surface area contributed by atoms with Gasteiger partial charge in [-0.25, -0.2) is 0 Å². The van der Waals surface area contributed by atoms with E-state index in [0.717, 1.165) is 29.0 Å². The summed E-state index contributed by atoms with van der Waals surface area (Å²) in [6, 6.07) is 9.45. The SMILES string of the molecule is CCNc1ccnc(C(=O)Nc2cccc(C)c2C)c1. The van der Waals surface area contributed by atoms with Gasteiger partial charge in [0.05, 0.1) is 0 Å². The van der Waals surface area contributed by atoms with Crippen molar-refractivity contribution in [3.8, 4) is 0 Å². The van der Waals surface area contributed by atoms with Crippen molar-refractivity contribution in [1.29, 1.82) is 0 Å². The Hall–Kier alpha value is -2.36. The van der Waals surface area contributed by atoms with Crippen LogP contribution in [-0.4, -0.2) is 17.4 Å². The fourth-order valence-electron chi connectivity index (χ4n) is 1.94. The molecule has 0 unspecified atom stereocenters. The van der Waals surface area contributed by atoms with Gasteiger partial charge >= 0.3 is 0 Å². The van der Waals surface area contributed by atoms with E-state index in [-0.39, 0.29) is 5.91 Å². The molecule has 2 rings (SSSR count). The van der Waals surface area contributed by atoms with Gasteiger partial charge in [-0.2, -0.15) is 0 Å². The van der Waals surface area contributed by atoms with E-state index in [1.54, 1.807) is 12.3 Å². The van der Waals surface area contributed by atoms with Gasteiger partial charge in [0.15, 0.2) is 0 Å². The van der Waals surface area contributed by atoms with E-state index in [1.165, 1.54) is 0 Å². The molecular formula is C16H19N3O. The smallest absolute Gasteiger partial charge is 0.274 e. The molecular weight excluding hydrogens is 250 g/mol. The number of benzene rings is 1. The second kappa shape index (κ2) is 6.19. The quantitative estimate of drug-likeness (QED) is 0.894. The zero-order valence-corrected chi connectivity index (χ0v) is 12.0. The number of anilines is 2. The van der Waals surface area contributed by atoms with E-state index < -0.39 is 0 Å². The number of amides is 1. The van der Waals surface area contributed by atoms with Crippen LogP contribution in [0.15, 0.2) is 36.5 Å². The number of carbonyl (C=O) groups excluding carboxylic acids is 1. The molecule has 0 aliphatic rings. The van der Waals surface area contributed by atoms with E-state index in [0.29, 0.717) is 5.69 Å². The van der Waals surface area contributed by atoms with Crippen LogP contribution in [0.1, 0.15) is 28.5 Å². The van der Waals surface area contributed by atoms with Crippen LogP contribution >= 0.6 is 0 Å². The normalized spacial score (nSPS) is 10.2. The van der Waals surface area contributed by atoms with Gasteiger partial charge in [-0.1, -0.05) is 12.1 Å². The Morgan fingerprint density at radius 2 is 2.05 bits per heavy atom. The minimum atomic E-state index is -0.196. The first-order valence-electron chi connectivity index (χ1n) is 6.69. The van der Waals surface area contributed by atoms with E-state index in [9.17, 15) is 4.79 Å². The van der Waals surface area contributed by atoms with Gasteiger partial charge in [-0.3, -0.25) is 9.78 Å². The molecule has 0 radical (unpaired) electrons. The average molecular weight is 269 g/mol. The fraction of sp³-hybridized carbons (Fsp3) is 0.250. The van der Waals surface area contributed by atoms with Crippen molar-refractivity contribution >= 4 is 17.3 Å². The highest BCUT2D eigenvalue weighted by molar-refractivity contribution is 6.03. The molecule has 0 atom stereocenters. The average Bonchev–Trinajstić information content (AvgIpc) is 2.44. The summed E-state index contributed by atoms with van der Waals surface area (Å²) in [5.74, 6) is -0.196. The molecule has 0 aliphatic carbocycles.